The maximum Gasteiger partial charge on any atom is 0.354 e. The second-order valence-corrected chi connectivity index (χ2v) is 5.09. The molecule has 24 heavy (non-hydrogen) atoms. The maximum absolute atomic E-state index is 11.6. The van der Waals surface area contributed by atoms with Crippen molar-refractivity contribution in [1.29, 1.82) is 0 Å². The van der Waals surface area contributed by atoms with Gasteiger partial charge in [0, 0.05) is 12.5 Å². The number of nitrogens with zero attached hydrogens (tertiary/aromatic N) is 2. The number of ether oxygens (including phenoxy) is 2. The molecule has 0 aliphatic rings. The van der Waals surface area contributed by atoms with Crippen molar-refractivity contribution in [2.45, 2.75) is 12.8 Å². The summed E-state index contributed by atoms with van der Waals surface area (Å²) in [7, 11) is 2.34. The van der Waals surface area contributed by atoms with Gasteiger partial charge in [0.05, 0.1) is 35.6 Å². The standard InChI is InChI=1S/C13H13Cl2N3O6/c1-23-12(19)4-3-9(13(20)24-2)16-17-10-5-7(14)8(15)6-11(10)18(21)22/h5-6,17H,3-4H2,1-2H3/b16-9-. The largest absolute Gasteiger partial charge is 0.469 e. The average Bonchev–Trinajstić information content (AvgIpc) is 2.56. The van der Waals surface area contributed by atoms with Crippen LogP contribution in [0.15, 0.2) is 17.2 Å². The minimum Gasteiger partial charge on any atom is -0.469 e. The molecule has 0 atom stereocenters. The first-order valence-electron chi connectivity index (χ1n) is 6.41. The summed E-state index contributed by atoms with van der Waals surface area (Å²) in [5.74, 6) is -1.35. The highest BCUT2D eigenvalue weighted by molar-refractivity contribution is 6.42. The zero-order valence-corrected chi connectivity index (χ0v) is 14.2. The monoisotopic (exact) mass is 377 g/mol. The van der Waals surface area contributed by atoms with Crippen LogP contribution in [0.1, 0.15) is 12.8 Å². The molecule has 1 rings (SSSR count). The number of carbonyl (C=O) groups is 2. The summed E-state index contributed by atoms with van der Waals surface area (Å²) in [6.07, 6.45) is -0.197. The lowest BCUT2D eigenvalue weighted by atomic mass is 10.2. The van der Waals surface area contributed by atoms with Crippen molar-refractivity contribution in [3.05, 3.63) is 32.3 Å². The number of halogens is 2. The predicted molar refractivity (Wildman–Crippen MR) is 87.4 cm³/mol. The number of rotatable bonds is 7. The molecule has 0 aromatic heterocycles. The fraction of sp³-hybridized carbons (Fsp3) is 0.308. The summed E-state index contributed by atoms with van der Waals surface area (Å²) in [6.45, 7) is 0. The van der Waals surface area contributed by atoms with Crippen LogP contribution in [0.25, 0.3) is 0 Å². The number of hydrazone groups is 1. The molecule has 11 heteroatoms. The molecule has 0 saturated heterocycles. The molecule has 130 valence electrons. The minimum atomic E-state index is -0.797. The van der Waals surface area contributed by atoms with E-state index in [9.17, 15) is 19.7 Å². The van der Waals surface area contributed by atoms with Crippen LogP contribution in [0, 0.1) is 10.1 Å². The zero-order valence-electron chi connectivity index (χ0n) is 12.7. The third-order valence-electron chi connectivity index (χ3n) is 2.76. The second kappa shape index (κ2) is 9.04. The summed E-state index contributed by atoms with van der Waals surface area (Å²) in [4.78, 5) is 33.2. The first kappa shape index (κ1) is 19.7. The number of esters is 2. The normalized spacial score (nSPS) is 10.9. The van der Waals surface area contributed by atoms with E-state index >= 15 is 0 Å². The number of hydrogen-bond acceptors (Lipinski definition) is 8. The lowest BCUT2D eigenvalue weighted by Gasteiger charge is -2.07. The summed E-state index contributed by atoms with van der Waals surface area (Å²) >= 11 is 11.6. The van der Waals surface area contributed by atoms with E-state index in [1.165, 1.54) is 13.2 Å². The number of anilines is 1. The molecular weight excluding hydrogens is 365 g/mol. The fourth-order valence-corrected chi connectivity index (χ4v) is 1.87. The number of benzene rings is 1. The van der Waals surface area contributed by atoms with Crippen LogP contribution in [0.5, 0.6) is 0 Å². The Bertz CT molecular complexity index is 693. The third-order valence-corrected chi connectivity index (χ3v) is 3.48. The van der Waals surface area contributed by atoms with Gasteiger partial charge in [-0.3, -0.25) is 20.3 Å². The van der Waals surface area contributed by atoms with Crippen molar-refractivity contribution >= 4 is 52.2 Å². The molecule has 0 radical (unpaired) electrons. The van der Waals surface area contributed by atoms with Crippen LogP contribution < -0.4 is 5.43 Å². The summed E-state index contributed by atoms with van der Waals surface area (Å²) in [5, 5.41) is 14.9. The molecule has 1 N–H and O–H groups in total. The fourth-order valence-electron chi connectivity index (χ4n) is 1.55. The van der Waals surface area contributed by atoms with Gasteiger partial charge in [0.2, 0.25) is 0 Å². The number of carbonyl (C=O) groups excluding carboxylic acids is 2. The van der Waals surface area contributed by atoms with Gasteiger partial charge in [-0.15, -0.1) is 0 Å². The van der Waals surface area contributed by atoms with Crippen LogP contribution in [-0.4, -0.2) is 36.8 Å². The predicted octanol–water partition coefficient (Wildman–Crippen LogP) is 2.80. The number of nitro groups is 1. The first-order valence-corrected chi connectivity index (χ1v) is 7.16. The van der Waals surface area contributed by atoms with Crippen molar-refractivity contribution in [1.82, 2.24) is 0 Å². The van der Waals surface area contributed by atoms with Crippen LogP contribution in [-0.2, 0) is 19.1 Å². The highest BCUT2D eigenvalue weighted by Gasteiger charge is 2.19. The molecule has 0 spiro atoms. The minimum absolute atomic E-state index is 0.00298. The van der Waals surface area contributed by atoms with Gasteiger partial charge >= 0.3 is 11.9 Å². The van der Waals surface area contributed by atoms with E-state index in [2.05, 4.69) is 20.0 Å². The first-order chi connectivity index (χ1) is 11.3. The van der Waals surface area contributed by atoms with E-state index in [-0.39, 0.29) is 40.0 Å². The maximum atomic E-state index is 11.6. The third kappa shape index (κ3) is 5.36. The number of hydrogen-bond donors (Lipinski definition) is 1. The van der Waals surface area contributed by atoms with Crippen LogP contribution >= 0.6 is 23.2 Å². The van der Waals surface area contributed by atoms with Gasteiger partial charge in [-0.2, -0.15) is 5.10 Å². The van der Waals surface area contributed by atoms with Crippen molar-refractivity contribution in [3.63, 3.8) is 0 Å². The quantitative estimate of drug-likeness (QED) is 0.335. The molecule has 0 aliphatic carbocycles. The van der Waals surface area contributed by atoms with Gasteiger partial charge in [0.1, 0.15) is 11.4 Å². The second-order valence-electron chi connectivity index (χ2n) is 4.28. The molecule has 1 aromatic rings. The number of nitro benzene ring substituents is 1. The van der Waals surface area contributed by atoms with Crippen LogP contribution in [0.3, 0.4) is 0 Å². The van der Waals surface area contributed by atoms with E-state index in [1.54, 1.807) is 0 Å². The van der Waals surface area contributed by atoms with Crippen LogP contribution in [0.4, 0.5) is 11.4 Å². The Morgan fingerprint density at radius 3 is 2.38 bits per heavy atom. The highest BCUT2D eigenvalue weighted by Crippen LogP contribution is 2.34. The van der Waals surface area contributed by atoms with E-state index in [0.29, 0.717) is 0 Å². The highest BCUT2D eigenvalue weighted by atomic mass is 35.5. The SMILES string of the molecule is COC(=O)CC/C(=N/Nc1cc(Cl)c(Cl)cc1[N+](=O)[O-])C(=O)OC. The van der Waals surface area contributed by atoms with Gasteiger partial charge in [-0.1, -0.05) is 23.2 Å². The topological polar surface area (TPSA) is 120 Å². The smallest absolute Gasteiger partial charge is 0.354 e. The molecule has 0 fully saturated rings. The van der Waals surface area contributed by atoms with E-state index < -0.39 is 16.9 Å². The van der Waals surface area contributed by atoms with Crippen molar-refractivity contribution in [2.75, 3.05) is 19.6 Å². The van der Waals surface area contributed by atoms with E-state index in [1.807, 2.05) is 0 Å². The van der Waals surface area contributed by atoms with Crippen molar-refractivity contribution in [2.24, 2.45) is 5.10 Å². The summed E-state index contributed by atoms with van der Waals surface area (Å²) in [5.41, 5.74) is 1.76. The molecular formula is C13H13Cl2N3O6. The Kier molecular flexibility index (Phi) is 7.40. The van der Waals surface area contributed by atoms with Gasteiger partial charge in [0.15, 0.2) is 0 Å². The molecule has 0 bridgehead atoms. The average molecular weight is 378 g/mol. The number of methoxy groups -OCH3 is 2. The molecule has 1 aromatic carbocycles. The Labute approximate surface area is 146 Å². The lowest BCUT2D eigenvalue weighted by molar-refractivity contribution is -0.383. The van der Waals surface area contributed by atoms with Crippen LogP contribution in [0.2, 0.25) is 10.0 Å². The molecule has 0 aliphatic heterocycles. The Morgan fingerprint density at radius 2 is 1.83 bits per heavy atom. The molecule has 9 nitrogen and oxygen atoms in total. The lowest BCUT2D eigenvalue weighted by Crippen LogP contribution is -2.19. The molecule has 0 heterocycles. The van der Waals surface area contributed by atoms with Gasteiger partial charge in [-0.05, 0) is 6.07 Å². The van der Waals surface area contributed by atoms with Gasteiger partial charge in [-0.25, -0.2) is 4.79 Å². The molecule has 0 amide bonds. The number of nitrogens with one attached hydrogen (secondary N) is 1. The van der Waals surface area contributed by atoms with E-state index in [4.69, 9.17) is 23.2 Å². The van der Waals surface area contributed by atoms with Gasteiger partial charge < -0.3 is 9.47 Å². The van der Waals surface area contributed by atoms with Crippen molar-refractivity contribution in [3.8, 4) is 0 Å². The summed E-state index contributed by atoms with van der Waals surface area (Å²) in [6, 6.07) is 2.24. The Hall–Kier alpha value is -2.39. The molecule has 0 unspecified atom stereocenters. The molecule has 0 saturated carbocycles. The van der Waals surface area contributed by atoms with Crippen molar-refractivity contribution < 1.29 is 24.0 Å². The Morgan fingerprint density at radius 1 is 1.21 bits per heavy atom. The van der Waals surface area contributed by atoms with E-state index in [0.717, 1.165) is 13.2 Å². The van der Waals surface area contributed by atoms with Gasteiger partial charge in [0.25, 0.3) is 5.69 Å². The Balaban J connectivity index is 3.08. The zero-order chi connectivity index (χ0) is 18.3. The summed E-state index contributed by atoms with van der Waals surface area (Å²) < 4.78 is 9.01.